The summed E-state index contributed by atoms with van der Waals surface area (Å²) >= 11 is 0. The maximum absolute atomic E-state index is 11.6. The van der Waals surface area contributed by atoms with E-state index in [-0.39, 0.29) is 5.56 Å². The van der Waals surface area contributed by atoms with E-state index in [4.69, 9.17) is 0 Å². The van der Waals surface area contributed by atoms with Crippen LogP contribution in [-0.4, -0.2) is 41.5 Å². The SMILES string of the molecule is CCCCn1ncc(C(=O)O)c1Nc1ccc(-c2ccccc2-c2nn[nH]n2)cc1. The highest BCUT2D eigenvalue weighted by Crippen LogP contribution is 2.31. The number of nitrogens with zero attached hydrogens (tertiary/aromatic N) is 5. The first-order valence-corrected chi connectivity index (χ1v) is 9.66. The van der Waals surface area contributed by atoms with Gasteiger partial charge in [-0.2, -0.15) is 10.3 Å². The predicted molar refractivity (Wildman–Crippen MR) is 112 cm³/mol. The van der Waals surface area contributed by atoms with Gasteiger partial charge < -0.3 is 10.4 Å². The molecule has 2 aromatic heterocycles. The van der Waals surface area contributed by atoms with E-state index in [1.165, 1.54) is 6.20 Å². The van der Waals surface area contributed by atoms with Crippen LogP contribution < -0.4 is 5.32 Å². The first-order valence-electron chi connectivity index (χ1n) is 9.66. The molecule has 0 bridgehead atoms. The molecule has 3 N–H and O–H groups in total. The highest BCUT2D eigenvalue weighted by Gasteiger charge is 2.17. The molecule has 30 heavy (non-hydrogen) atoms. The van der Waals surface area contributed by atoms with E-state index < -0.39 is 5.97 Å². The van der Waals surface area contributed by atoms with Gasteiger partial charge in [0, 0.05) is 17.8 Å². The van der Waals surface area contributed by atoms with Gasteiger partial charge in [0.15, 0.2) is 0 Å². The van der Waals surface area contributed by atoms with Crippen LogP contribution in [0.4, 0.5) is 11.5 Å². The van der Waals surface area contributed by atoms with Crippen molar-refractivity contribution in [1.82, 2.24) is 30.4 Å². The van der Waals surface area contributed by atoms with Crippen molar-refractivity contribution in [2.75, 3.05) is 5.32 Å². The number of rotatable bonds is 8. The molecule has 0 radical (unpaired) electrons. The second-order valence-corrected chi connectivity index (χ2v) is 6.77. The fraction of sp³-hybridized carbons (Fsp3) is 0.190. The molecular formula is C21H21N7O2. The number of carboxylic acids is 1. The van der Waals surface area contributed by atoms with Gasteiger partial charge in [0.2, 0.25) is 5.82 Å². The molecule has 0 amide bonds. The van der Waals surface area contributed by atoms with Gasteiger partial charge in [-0.25, -0.2) is 9.48 Å². The maximum atomic E-state index is 11.6. The zero-order chi connectivity index (χ0) is 20.9. The number of aromatic nitrogens is 6. The lowest BCUT2D eigenvalue weighted by Gasteiger charge is -2.12. The molecule has 0 atom stereocenters. The fourth-order valence-corrected chi connectivity index (χ4v) is 3.23. The van der Waals surface area contributed by atoms with Crippen LogP contribution in [0.2, 0.25) is 0 Å². The van der Waals surface area contributed by atoms with Crippen LogP contribution in [0.15, 0.2) is 54.7 Å². The molecule has 4 rings (SSSR count). The number of H-pyrrole nitrogens is 1. The van der Waals surface area contributed by atoms with Crippen molar-refractivity contribution in [3.05, 3.63) is 60.3 Å². The van der Waals surface area contributed by atoms with Crippen molar-refractivity contribution in [2.45, 2.75) is 26.3 Å². The van der Waals surface area contributed by atoms with E-state index in [1.54, 1.807) is 4.68 Å². The minimum atomic E-state index is -1.01. The Morgan fingerprint density at radius 2 is 1.90 bits per heavy atom. The largest absolute Gasteiger partial charge is 0.477 e. The number of carbonyl (C=O) groups is 1. The number of nitrogens with one attached hydrogen (secondary N) is 2. The Labute approximate surface area is 172 Å². The third kappa shape index (κ3) is 3.90. The molecule has 2 heterocycles. The van der Waals surface area contributed by atoms with Gasteiger partial charge in [0.1, 0.15) is 11.4 Å². The highest BCUT2D eigenvalue weighted by molar-refractivity contribution is 5.94. The van der Waals surface area contributed by atoms with Gasteiger partial charge in [-0.3, -0.25) is 0 Å². The number of carboxylic acid groups (broad SMARTS) is 1. The van der Waals surface area contributed by atoms with E-state index in [0.717, 1.165) is 35.2 Å². The van der Waals surface area contributed by atoms with E-state index >= 15 is 0 Å². The molecule has 0 saturated heterocycles. The Morgan fingerprint density at radius 1 is 1.13 bits per heavy atom. The van der Waals surface area contributed by atoms with E-state index in [9.17, 15) is 9.90 Å². The smallest absolute Gasteiger partial charge is 0.341 e. The Hall–Kier alpha value is -4.01. The van der Waals surface area contributed by atoms with Crippen LogP contribution in [-0.2, 0) is 6.54 Å². The molecule has 0 aliphatic heterocycles. The van der Waals surface area contributed by atoms with Gasteiger partial charge >= 0.3 is 5.97 Å². The second kappa shape index (κ2) is 8.56. The normalized spacial score (nSPS) is 10.8. The summed E-state index contributed by atoms with van der Waals surface area (Å²) in [5.74, 6) is 0.000493. The Bertz CT molecular complexity index is 1130. The topological polar surface area (TPSA) is 122 Å². The Kier molecular flexibility index (Phi) is 5.51. The number of aromatic carboxylic acids is 1. The lowest BCUT2D eigenvalue weighted by Crippen LogP contribution is -2.08. The molecule has 0 spiro atoms. The molecule has 0 saturated carbocycles. The summed E-state index contributed by atoms with van der Waals surface area (Å²) < 4.78 is 1.70. The molecule has 9 nitrogen and oxygen atoms in total. The van der Waals surface area contributed by atoms with E-state index in [2.05, 4.69) is 38.0 Å². The highest BCUT2D eigenvalue weighted by atomic mass is 16.4. The molecule has 0 unspecified atom stereocenters. The van der Waals surface area contributed by atoms with Gasteiger partial charge in [-0.1, -0.05) is 49.7 Å². The molecular weight excluding hydrogens is 382 g/mol. The summed E-state index contributed by atoms with van der Waals surface area (Å²) in [6.45, 7) is 2.74. The second-order valence-electron chi connectivity index (χ2n) is 6.77. The Balaban J connectivity index is 1.62. The number of hydrogen-bond acceptors (Lipinski definition) is 6. The summed E-state index contributed by atoms with van der Waals surface area (Å²) in [5.41, 5.74) is 3.76. The van der Waals surface area contributed by atoms with Gasteiger partial charge in [-0.05, 0) is 34.9 Å². The van der Waals surface area contributed by atoms with Crippen LogP contribution in [0.5, 0.6) is 0 Å². The average Bonchev–Trinajstić information content (AvgIpc) is 3.43. The summed E-state index contributed by atoms with van der Waals surface area (Å²) in [5, 5.41) is 31.2. The minimum Gasteiger partial charge on any atom is -0.477 e. The van der Waals surface area contributed by atoms with Crippen molar-refractivity contribution in [2.24, 2.45) is 0 Å². The van der Waals surface area contributed by atoms with Crippen molar-refractivity contribution >= 4 is 17.5 Å². The summed E-state index contributed by atoms with van der Waals surface area (Å²) in [6, 6.07) is 15.6. The van der Waals surface area contributed by atoms with E-state index in [0.29, 0.717) is 18.2 Å². The van der Waals surface area contributed by atoms with Crippen LogP contribution in [0.25, 0.3) is 22.5 Å². The van der Waals surface area contributed by atoms with Crippen molar-refractivity contribution in [3.8, 4) is 22.5 Å². The molecule has 0 aliphatic carbocycles. The van der Waals surface area contributed by atoms with Crippen molar-refractivity contribution in [1.29, 1.82) is 0 Å². The molecule has 4 aromatic rings. The number of unbranched alkanes of at least 4 members (excludes halogenated alkanes) is 1. The monoisotopic (exact) mass is 403 g/mol. The molecule has 2 aromatic carbocycles. The summed E-state index contributed by atoms with van der Waals surface area (Å²) in [6.07, 6.45) is 3.30. The maximum Gasteiger partial charge on any atom is 0.341 e. The predicted octanol–water partition coefficient (Wildman–Crippen LogP) is 3.97. The quantitative estimate of drug-likeness (QED) is 0.407. The first kappa shape index (κ1) is 19.3. The number of hydrogen-bond donors (Lipinski definition) is 3. The average molecular weight is 403 g/mol. The molecule has 152 valence electrons. The third-order valence-corrected chi connectivity index (χ3v) is 4.77. The standard InChI is InChI=1S/C21H21N7O2/c1-2-3-12-28-20(18(13-22-28)21(29)30)23-15-10-8-14(9-11-15)16-6-4-5-7-17(16)19-24-26-27-25-19/h4-11,13,23H,2-3,12H2,1H3,(H,29,30)(H,24,25,26,27). The number of benzene rings is 2. The zero-order valence-electron chi connectivity index (χ0n) is 16.4. The Morgan fingerprint density at radius 3 is 2.57 bits per heavy atom. The lowest BCUT2D eigenvalue weighted by molar-refractivity contribution is 0.0698. The first-order chi connectivity index (χ1) is 14.7. The van der Waals surface area contributed by atoms with Crippen molar-refractivity contribution in [3.63, 3.8) is 0 Å². The number of anilines is 2. The molecule has 9 heteroatoms. The van der Waals surface area contributed by atoms with Gasteiger partial charge in [-0.15, -0.1) is 10.2 Å². The van der Waals surface area contributed by atoms with Crippen LogP contribution >= 0.6 is 0 Å². The van der Waals surface area contributed by atoms with Crippen LogP contribution in [0.1, 0.15) is 30.1 Å². The molecule has 0 fully saturated rings. The minimum absolute atomic E-state index is 0.151. The number of aryl methyl sites for hydroxylation is 1. The van der Waals surface area contributed by atoms with Crippen LogP contribution in [0, 0.1) is 0 Å². The summed E-state index contributed by atoms with van der Waals surface area (Å²) in [7, 11) is 0. The fourth-order valence-electron chi connectivity index (χ4n) is 3.23. The summed E-state index contributed by atoms with van der Waals surface area (Å²) in [4.78, 5) is 11.6. The molecule has 0 aliphatic rings. The lowest BCUT2D eigenvalue weighted by atomic mass is 9.99. The van der Waals surface area contributed by atoms with Gasteiger partial charge in [0.05, 0.1) is 6.20 Å². The zero-order valence-corrected chi connectivity index (χ0v) is 16.4. The number of tetrazole rings is 1. The van der Waals surface area contributed by atoms with Crippen molar-refractivity contribution < 1.29 is 9.90 Å². The number of aromatic amines is 1. The third-order valence-electron chi connectivity index (χ3n) is 4.77. The van der Waals surface area contributed by atoms with Gasteiger partial charge in [0.25, 0.3) is 0 Å². The van der Waals surface area contributed by atoms with Crippen LogP contribution in [0.3, 0.4) is 0 Å². The van der Waals surface area contributed by atoms with E-state index in [1.807, 2.05) is 48.5 Å².